The van der Waals surface area contributed by atoms with Gasteiger partial charge in [-0.15, -0.1) is 5.10 Å². The van der Waals surface area contributed by atoms with E-state index in [0.717, 1.165) is 57.1 Å². The number of anilines is 1. The van der Waals surface area contributed by atoms with Crippen LogP contribution in [0, 0.1) is 0 Å². The van der Waals surface area contributed by atoms with E-state index >= 15 is 0 Å². The molecule has 0 unspecified atom stereocenters. The van der Waals surface area contributed by atoms with Gasteiger partial charge in [0.1, 0.15) is 0 Å². The van der Waals surface area contributed by atoms with Crippen molar-refractivity contribution in [1.82, 2.24) is 15.7 Å². The van der Waals surface area contributed by atoms with Crippen molar-refractivity contribution in [3.8, 4) is 0 Å². The first-order chi connectivity index (χ1) is 9.92. The van der Waals surface area contributed by atoms with Gasteiger partial charge >= 0.3 is 0 Å². The second kappa shape index (κ2) is 6.67. The van der Waals surface area contributed by atoms with Crippen LogP contribution in [0.25, 0.3) is 0 Å². The summed E-state index contributed by atoms with van der Waals surface area (Å²) in [6.07, 6.45) is 6.97. The van der Waals surface area contributed by atoms with Gasteiger partial charge < -0.3 is 9.64 Å². The fourth-order valence-electron chi connectivity index (χ4n) is 2.38. The quantitative estimate of drug-likeness (QED) is 0.836. The summed E-state index contributed by atoms with van der Waals surface area (Å²) in [6.45, 7) is 3.35. The minimum Gasteiger partial charge on any atom is -0.381 e. The first-order valence-electron chi connectivity index (χ1n) is 7.13. The number of hydrogen-bond donors (Lipinski definition) is 1. The minimum atomic E-state index is 0.266. The Morgan fingerprint density at radius 2 is 2.25 bits per heavy atom. The molecule has 0 aromatic carbocycles. The van der Waals surface area contributed by atoms with Crippen molar-refractivity contribution < 1.29 is 9.57 Å². The average Bonchev–Trinajstić information content (AvgIpc) is 2.55. The topological polar surface area (TPSA) is 59.5 Å². The number of nitrogens with zero attached hydrogens (tertiary/aromatic N) is 3. The van der Waals surface area contributed by atoms with Crippen LogP contribution >= 0.6 is 0 Å². The number of ether oxygens (including phenoxy) is 1. The van der Waals surface area contributed by atoms with Crippen LogP contribution in [0.1, 0.15) is 19.3 Å². The average molecular weight is 276 g/mol. The van der Waals surface area contributed by atoms with Crippen LogP contribution in [0.3, 0.4) is 0 Å². The van der Waals surface area contributed by atoms with E-state index in [1.54, 1.807) is 6.20 Å². The lowest BCUT2D eigenvalue weighted by atomic mass is 10.2. The molecule has 1 aromatic rings. The van der Waals surface area contributed by atoms with Crippen molar-refractivity contribution in [1.29, 1.82) is 0 Å². The zero-order valence-corrected chi connectivity index (χ0v) is 11.5. The fourth-order valence-corrected chi connectivity index (χ4v) is 2.38. The number of nitrogens with one attached hydrogen (secondary N) is 1. The molecule has 2 aliphatic heterocycles. The van der Waals surface area contributed by atoms with Crippen LogP contribution < -0.4 is 10.4 Å². The Bertz CT molecular complexity index is 446. The molecular formula is C14H20N4O2. The van der Waals surface area contributed by atoms with Gasteiger partial charge in [0.15, 0.2) is 5.82 Å². The zero-order chi connectivity index (χ0) is 13.6. The van der Waals surface area contributed by atoms with Crippen molar-refractivity contribution in [3.05, 3.63) is 30.1 Å². The summed E-state index contributed by atoms with van der Waals surface area (Å²) in [7, 11) is 0. The standard InChI is InChI=1S/C14H20N4O2/c1-2-14(16-15-7-1)18-8-3-12(4-9-18)17-20-13-5-10-19-11-6-13/h1-3,7,13,17H,4-6,8-11H2. The summed E-state index contributed by atoms with van der Waals surface area (Å²) in [4.78, 5) is 7.92. The lowest BCUT2D eigenvalue weighted by Crippen LogP contribution is -2.35. The summed E-state index contributed by atoms with van der Waals surface area (Å²) < 4.78 is 5.31. The van der Waals surface area contributed by atoms with Crippen molar-refractivity contribution in [2.45, 2.75) is 25.4 Å². The highest BCUT2D eigenvalue weighted by atomic mass is 16.7. The van der Waals surface area contributed by atoms with E-state index in [-0.39, 0.29) is 6.10 Å². The van der Waals surface area contributed by atoms with Crippen molar-refractivity contribution in [3.63, 3.8) is 0 Å². The fraction of sp³-hybridized carbons (Fsp3) is 0.571. The van der Waals surface area contributed by atoms with Gasteiger partial charge in [0.05, 0.1) is 6.10 Å². The van der Waals surface area contributed by atoms with Gasteiger partial charge in [0, 0.05) is 44.6 Å². The van der Waals surface area contributed by atoms with Gasteiger partial charge in [-0.25, -0.2) is 0 Å². The van der Waals surface area contributed by atoms with Crippen LogP contribution in [0.15, 0.2) is 30.1 Å². The molecule has 0 amide bonds. The predicted octanol–water partition coefficient (Wildman–Crippen LogP) is 1.27. The van der Waals surface area contributed by atoms with Crippen LogP contribution in [-0.2, 0) is 9.57 Å². The third-order valence-electron chi connectivity index (χ3n) is 3.62. The van der Waals surface area contributed by atoms with Gasteiger partial charge in [-0.2, -0.15) is 5.10 Å². The Labute approximate surface area is 118 Å². The van der Waals surface area contributed by atoms with E-state index in [1.165, 1.54) is 0 Å². The molecule has 108 valence electrons. The number of rotatable bonds is 4. The molecule has 0 saturated carbocycles. The van der Waals surface area contributed by atoms with Gasteiger partial charge in [0.25, 0.3) is 0 Å². The van der Waals surface area contributed by atoms with E-state index in [4.69, 9.17) is 9.57 Å². The minimum absolute atomic E-state index is 0.266. The normalized spacial score (nSPS) is 20.6. The molecule has 1 saturated heterocycles. The maximum absolute atomic E-state index is 5.72. The smallest absolute Gasteiger partial charge is 0.151 e. The van der Waals surface area contributed by atoms with E-state index in [2.05, 4.69) is 26.7 Å². The molecule has 3 rings (SSSR count). The van der Waals surface area contributed by atoms with Gasteiger partial charge in [-0.1, -0.05) is 0 Å². The van der Waals surface area contributed by atoms with E-state index < -0.39 is 0 Å². The molecule has 20 heavy (non-hydrogen) atoms. The van der Waals surface area contributed by atoms with Gasteiger partial charge in [-0.05, 0) is 31.1 Å². The molecule has 3 heterocycles. The van der Waals surface area contributed by atoms with Crippen molar-refractivity contribution >= 4 is 5.82 Å². The van der Waals surface area contributed by atoms with E-state index in [1.807, 2.05) is 12.1 Å². The Balaban J connectivity index is 1.47. The molecule has 2 aliphatic rings. The number of aromatic nitrogens is 2. The molecule has 1 N–H and O–H groups in total. The van der Waals surface area contributed by atoms with E-state index in [0.29, 0.717) is 0 Å². The summed E-state index contributed by atoms with van der Waals surface area (Å²) in [5.74, 6) is 0.924. The Morgan fingerprint density at radius 3 is 2.95 bits per heavy atom. The molecule has 0 spiro atoms. The SMILES string of the molecule is C1=C(NOC2CCOCC2)CCN(c2cccnn2)C1. The maximum atomic E-state index is 5.72. The molecule has 0 atom stereocenters. The summed E-state index contributed by atoms with van der Waals surface area (Å²) >= 11 is 0. The molecule has 0 aliphatic carbocycles. The molecule has 0 bridgehead atoms. The zero-order valence-electron chi connectivity index (χ0n) is 11.5. The molecule has 1 aromatic heterocycles. The molecular weight excluding hydrogens is 256 g/mol. The van der Waals surface area contributed by atoms with Crippen LogP contribution in [-0.4, -0.2) is 42.6 Å². The van der Waals surface area contributed by atoms with Gasteiger partial charge in [-0.3, -0.25) is 10.3 Å². The molecule has 0 radical (unpaired) electrons. The van der Waals surface area contributed by atoms with Crippen molar-refractivity contribution in [2.24, 2.45) is 0 Å². The van der Waals surface area contributed by atoms with Crippen LogP contribution in [0.5, 0.6) is 0 Å². The monoisotopic (exact) mass is 276 g/mol. The first kappa shape index (κ1) is 13.3. The third-order valence-corrected chi connectivity index (χ3v) is 3.62. The predicted molar refractivity (Wildman–Crippen MR) is 75.0 cm³/mol. The van der Waals surface area contributed by atoms with Gasteiger partial charge in [0.2, 0.25) is 0 Å². The lowest BCUT2D eigenvalue weighted by Gasteiger charge is -2.28. The summed E-state index contributed by atoms with van der Waals surface area (Å²) in [6, 6.07) is 3.89. The van der Waals surface area contributed by atoms with Crippen LogP contribution in [0.4, 0.5) is 5.82 Å². The Kier molecular flexibility index (Phi) is 4.45. The summed E-state index contributed by atoms with van der Waals surface area (Å²) in [5, 5.41) is 8.04. The number of hydrogen-bond acceptors (Lipinski definition) is 6. The second-order valence-electron chi connectivity index (χ2n) is 5.04. The highest BCUT2D eigenvalue weighted by molar-refractivity contribution is 5.39. The lowest BCUT2D eigenvalue weighted by molar-refractivity contribution is -0.0681. The third kappa shape index (κ3) is 3.46. The highest BCUT2D eigenvalue weighted by Gasteiger charge is 2.17. The van der Waals surface area contributed by atoms with Crippen LogP contribution in [0.2, 0.25) is 0 Å². The molecule has 6 heteroatoms. The molecule has 1 fully saturated rings. The highest BCUT2D eigenvalue weighted by Crippen LogP contribution is 2.16. The Morgan fingerprint density at radius 1 is 1.35 bits per heavy atom. The van der Waals surface area contributed by atoms with Crippen molar-refractivity contribution in [2.75, 3.05) is 31.2 Å². The first-order valence-corrected chi connectivity index (χ1v) is 7.13. The maximum Gasteiger partial charge on any atom is 0.151 e. The second-order valence-corrected chi connectivity index (χ2v) is 5.04. The largest absolute Gasteiger partial charge is 0.381 e. The molecule has 6 nitrogen and oxygen atoms in total. The summed E-state index contributed by atoms with van der Waals surface area (Å²) in [5.41, 5.74) is 4.26. The van der Waals surface area contributed by atoms with E-state index in [9.17, 15) is 0 Å². The Hall–Kier alpha value is -1.66. The number of hydroxylamine groups is 1.